The Bertz CT molecular complexity index is 1070. The monoisotopic (exact) mass is 478 g/mol. The van der Waals surface area contributed by atoms with Gasteiger partial charge in [-0.3, -0.25) is 4.79 Å². The van der Waals surface area contributed by atoms with Crippen LogP contribution in [0.15, 0.2) is 30.6 Å². The summed E-state index contributed by atoms with van der Waals surface area (Å²) in [4.78, 5) is 23.8. The molecule has 5 nitrogen and oxygen atoms in total. The highest BCUT2D eigenvalue weighted by atomic mass is 35.5. The van der Waals surface area contributed by atoms with Crippen molar-refractivity contribution in [3.05, 3.63) is 58.4 Å². The van der Waals surface area contributed by atoms with Crippen LogP contribution >= 0.6 is 11.6 Å². The number of hydrogen-bond donors (Lipinski definition) is 1. The average Bonchev–Trinajstić information content (AvgIpc) is 2.73. The molecule has 15 heteroatoms. The van der Waals surface area contributed by atoms with Crippen LogP contribution in [0.1, 0.15) is 34.6 Å². The first-order chi connectivity index (χ1) is 15.5. The van der Waals surface area contributed by atoms with Crippen LogP contribution in [0.4, 0.5) is 8.78 Å². The molecule has 1 aromatic heterocycles. The van der Waals surface area contributed by atoms with E-state index in [1.807, 2.05) is 43.8 Å². The van der Waals surface area contributed by atoms with Gasteiger partial charge in [0.05, 0.1) is 28.6 Å². The SMILES string of the molecule is BC(B)(B)c1cnc(C(B)(B)NCC2(F)CCN(C(=O)c3ccc(F)c(Cl)c3)C(B)(B)C2)nc1. The molecule has 0 saturated carbocycles. The second-order valence-corrected chi connectivity index (χ2v) is 11.9. The van der Waals surface area contributed by atoms with Gasteiger partial charge in [0.25, 0.3) is 5.91 Å². The Morgan fingerprint density at radius 2 is 1.79 bits per heavy atom. The summed E-state index contributed by atoms with van der Waals surface area (Å²) in [6.45, 7) is 0.356. The molecular formula is C19H28B7ClF2N4O. The number of hydrogen-bond acceptors (Lipinski definition) is 4. The van der Waals surface area contributed by atoms with E-state index in [-0.39, 0.29) is 42.0 Å². The summed E-state index contributed by atoms with van der Waals surface area (Å²) in [6, 6.07) is 3.90. The molecule has 3 rings (SSSR count). The number of halogens is 3. The largest absolute Gasteiger partial charge is 0.349 e. The Labute approximate surface area is 211 Å². The Morgan fingerprint density at radius 3 is 2.32 bits per heavy atom. The smallest absolute Gasteiger partial charge is 0.253 e. The first-order valence-corrected chi connectivity index (χ1v) is 12.0. The van der Waals surface area contributed by atoms with Gasteiger partial charge < -0.3 is 10.2 Å². The number of likely N-dealkylation sites (tertiary alicyclic amines) is 1. The minimum absolute atomic E-state index is 0.0463. The highest BCUT2D eigenvalue weighted by Gasteiger charge is 2.46. The molecule has 0 aliphatic carbocycles. The Hall–Kier alpha value is -1.67. The maximum Gasteiger partial charge on any atom is 0.253 e. The maximum atomic E-state index is 16.0. The number of piperidine rings is 1. The van der Waals surface area contributed by atoms with E-state index in [1.54, 1.807) is 4.90 Å². The lowest BCUT2D eigenvalue weighted by atomic mass is 9.40. The van der Waals surface area contributed by atoms with Crippen LogP contribution in [0.5, 0.6) is 0 Å². The van der Waals surface area contributed by atoms with Gasteiger partial charge in [-0.15, -0.1) is 0 Å². The van der Waals surface area contributed by atoms with Gasteiger partial charge >= 0.3 is 0 Å². The molecule has 2 heterocycles. The predicted octanol–water partition coefficient (Wildman–Crippen LogP) is -4.19. The van der Waals surface area contributed by atoms with Crippen LogP contribution in [0.25, 0.3) is 0 Å². The predicted molar refractivity (Wildman–Crippen MR) is 151 cm³/mol. The van der Waals surface area contributed by atoms with E-state index in [4.69, 9.17) is 11.6 Å². The molecule has 1 unspecified atom stereocenters. The maximum absolute atomic E-state index is 16.0. The molecular weight excluding hydrogens is 449 g/mol. The summed E-state index contributed by atoms with van der Waals surface area (Å²) < 4.78 is 29.5. The van der Waals surface area contributed by atoms with Gasteiger partial charge in [-0.2, -0.15) is 0 Å². The fourth-order valence-electron chi connectivity index (χ4n) is 4.38. The third kappa shape index (κ3) is 5.93. The molecule has 1 aliphatic heterocycles. The number of alkyl halides is 1. The van der Waals surface area contributed by atoms with Crippen LogP contribution in [0.3, 0.4) is 0 Å². The molecule has 0 radical (unpaired) electrons. The fraction of sp³-hybridized carbons (Fsp3) is 0.421. The molecule has 1 amide bonds. The number of carbonyl (C=O) groups is 1. The minimum Gasteiger partial charge on any atom is -0.349 e. The summed E-state index contributed by atoms with van der Waals surface area (Å²) in [5.74, 6) is -0.261. The van der Waals surface area contributed by atoms with Crippen molar-refractivity contribution in [1.82, 2.24) is 20.2 Å². The lowest BCUT2D eigenvalue weighted by Crippen LogP contribution is -2.64. The van der Waals surface area contributed by atoms with Crippen molar-refractivity contribution in [3.63, 3.8) is 0 Å². The van der Waals surface area contributed by atoms with E-state index in [1.165, 1.54) is 18.2 Å². The van der Waals surface area contributed by atoms with E-state index >= 15 is 4.39 Å². The third-order valence-electron chi connectivity index (χ3n) is 6.60. The normalized spacial score (nSPS) is 20.7. The molecule has 1 aliphatic rings. The van der Waals surface area contributed by atoms with Crippen LogP contribution < -0.4 is 5.32 Å². The molecule has 1 saturated heterocycles. The molecule has 172 valence electrons. The third-order valence-corrected chi connectivity index (χ3v) is 6.89. The van der Waals surface area contributed by atoms with E-state index in [9.17, 15) is 9.18 Å². The van der Waals surface area contributed by atoms with E-state index in [0.717, 1.165) is 5.56 Å². The average molecular weight is 478 g/mol. The van der Waals surface area contributed by atoms with E-state index in [2.05, 4.69) is 38.8 Å². The number of nitrogens with zero attached hydrogens (tertiary/aromatic N) is 3. The van der Waals surface area contributed by atoms with Crippen molar-refractivity contribution in [2.45, 2.75) is 34.3 Å². The van der Waals surface area contributed by atoms with Crippen molar-refractivity contribution in [3.8, 4) is 0 Å². The molecule has 1 atom stereocenters. The zero-order valence-corrected chi connectivity index (χ0v) is 21.9. The quantitative estimate of drug-likeness (QED) is 0.429. The fourth-order valence-corrected chi connectivity index (χ4v) is 4.56. The number of amides is 1. The van der Waals surface area contributed by atoms with Gasteiger partial charge in [-0.05, 0) is 35.5 Å². The van der Waals surface area contributed by atoms with Crippen molar-refractivity contribution < 1.29 is 13.6 Å². The Morgan fingerprint density at radius 1 is 1.18 bits per heavy atom. The number of carbonyl (C=O) groups excluding carboxylic acids is 1. The van der Waals surface area contributed by atoms with Crippen molar-refractivity contribution >= 4 is 72.4 Å². The number of rotatable bonds is 6. The first-order valence-electron chi connectivity index (χ1n) is 11.6. The van der Waals surface area contributed by atoms with Crippen LogP contribution in [-0.4, -0.2) is 99.8 Å². The molecule has 1 fully saturated rings. The Balaban J connectivity index is 1.69. The molecule has 0 bridgehead atoms. The van der Waals surface area contributed by atoms with Gasteiger partial charge in [0.2, 0.25) is 0 Å². The summed E-state index contributed by atoms with van der Waals surface area (Å²) in [7, 11) is 13.9. The zero-order chi connectivity index (χ0) is 25.5. The highest BCUT2D eigenvalue weighted by Crippen LogP contribution is 2.35. The van der Waals surface area contributed by atoms with Crippen LogP contribution in [0.2, 0.25) is 5.02 Å². The van der Waals surface area contributed by atoms with Crippen LogP contribution in [0, 0.1) is 5.82 Å². The lowest BCUT2D eigenvalue weighted by Gasteiger charge is -2.49. The summed E-state index contributed by atoms with van der Waals surface area (Å²) in [6.07, 6.45) is 4.00. The summed E-state index contributed by atoms with van der Waals surface area (Å²) in [5, 5.41) is 1.79. The highest BCUT2D eigenvalue weighted by molar-refractivity contribution is 6.58. The van der Waals surface area contributed by atoms with E-state index < -0.39 is 22.2 Å². The van der Waals surface area contributed by atoms with E-state index in [0.29, 0.717) is 11.4 Å². The number of nitrogens with one attached hydrogen (secondary N) is 1. The molecule has 0 spiro atoms. The second kappa shape index (κ2) is 9.42. The Kier molecular flexibility index (Phi) is 7.46. The van der Waals surface area contributed by atoms with Crippen LogP contribution in [-0.2, 0) is 10.5 Å². The first kappa shape index (κ1) is 26.9. The number of benzene rings is 1. The van der Waals surface area contributed by atoms with Gasteiger partial charge in [-0.25, -0.2) is 18.7 Å². The molecule has 34 heavy (non-hydrogen) atoms. The minimum atomic E-state index is -1.51. The van der Waals surface area contributed by atoms with Gasteiger partial charge in [0, 0.05) is 42.8 Å². The standard InChI is InChI=1S/C19H28B7ClF2N4O/c20-17(21)8-16(29,3-4-33(17)14(34)10-1-2-13(28)12(27)5-10)9-32-19(25,26)15-30-6-11(7-31-15)18(22,23)24/h1-2,5-7,32H,3-4,8-9,20-26H2. The second-order valence-electron chi connectivity index (χ2n) is 11.5. The lowest BCUT2D eigenvalue weighted by molar-refractivity contribution is 0.0245. The van der Waals surface area contributed by atoms with Gasteiger partial charge in [0.1, 0.15) is 48.7 Å². The molecule has 1 N–H and O–H groups in total. The summed E-state index contributed by atoms with van der Waals surface area (Å²) in [5.41, 5.74) is -0.181. The van der Waals surface area contributed by atoms with Crippen molar-refractivity contribution in [2.75, 3.05) is 13.1 Å². The van der Waals surface area contributed by atoms with Crippen molar-refractivity contribution in [1.29, 1.82) is 0 Å². The molecule has 1 aromatic carbocycles. The zero-order valence-electron chi connectivity index (χ0n) is 21.1. The van der Waals surface area contributed by atoms with Crippen molar-refractivity contribution in [2.24, 2.45) is 0 Å². The van der Waals surface area contributed by atoms with Gasteiger partial charge in [-0.1, -0.05) is 16.7 Å². The topological polar surface area (TPSA) is 58.1 Å². The van der Waals surface area contributed by atoms with Gasteiger partial charge in [0.15, 0.2) is 0 Å². The summed E-state index contributed by atoms with van der Waals surface area (Å²) >= 11 is 5.85. The molecule has 2 aromatic rings. The number of aromatic nitrogens is 2.